The van der Waals surface area contributed by atoms with Crippen LogP contribution < -0.4 is 0 Å². The standard InChI is InChI=1S/C17H22N2O2/c1-6-21-16(20)13-14(17(3,4)5)19-15(18-13)12-9-7-11(2)8-10-12/h7-10H,6H2,1-5H3,(H,18,19). The first-order valence-corrected chi connectivity index (χ1v) is 7.17. The Bertz CT molecular complexity index is 634. The molecule has 4 nitrogen and oxygen atoms in total. The van der Waals surface area contributed by atoms with Crippen molar-refractivity contribution >= 4 is 5.97 Å². The quantitative estimate of drug-likeness (QED) is 0.872. The van der Waals surface area contributed by atoms with Gasteiger partial charge >= 0.3 is 5.97 Å². The number of aromatic nitrogens is 2. The van der Waals surface area contributed by atoms with E-state index in [1.807, 2.05) is 52.0 Å². The van der Waals surface area contributed by atoms with Gasteiger partial charge in [0.15, 0.2) is 5.69 Å². The van der Waals surface area contributed by atoms with Crippen LogP contribution in [-0.4, -0.2) is 22.5 Å². The number of nitrogens with zero attached hydrogens (tertiary/aromatic N) is 1. The lowest BCUT2D eigenvalue weighted by Crippen LogP contribution is -2.18. The van der Waals surface area contributed by atoms with Crippen LogP contribution in [0.1, 0.15) is 49.4 Å². The fourth-order valence-electron chi connectivity index (χ4n) is 2.11. The number of hydrogen-bond donors (Lipinski definition) is 1. The zero-order valence-electron chi connectivity index (χ0n) is 13.3. The van der Waals surface area contributed by atoms with E-state index in [1.54, 1.807) is 6.92 Å². The SMILES string of the molecule is CCOC(=O)c1nc(-c2ccc(C)cc2)[nH]c1C(C)(C)C. The summed E-state index contributed by atoms with van der Waals surface area (Å²) in [5, 5.41) is 0. The molecular formula is C17H22N2O2. The second-order valence-electron chi connectivity index (χ2n) is 6.15. The van der Waals surface area contributed by atoms with Crippen LogP contribution in [0.15, 0.2) is 24.3 Å². The van der Waals surface area contributed by atoms with Gasteiger partial charge in [-0.2, -0.15) is 0 Å². The number of aryl methyl sites for hydroxylation is 1. The topological polar surface area (TPSA) is 55.0 Å². The van der Waals surface area contributed by atoms with Gasteiger partial charge in [0.05, 0.1) is 12.3 Å². The second-order valence-corrected chi connectivity index (χ2v) is 6.15. The van der Waals surface area contributed by atoms with Gasteiger partial charge in [-0.3, -0.25) is 0 Å². The van der Waals surface area contributed by atoms with E-state index in [0.29, 0.717) is 18.1 Å². The third-order valence-corrected chi connectivity index (χ3v) is 3.25. The molecule has 1 aromatic heterocycles. The molecule has 0 saturated carbocycles. The monoisotopic (exact) mass is 286 g/mol. The molecule has 0 unspecified atom stereocenters. The average Bonchev–Trinajstić information content (AvgIpc) is 2.85. The van der Waals surface area contributed by atoms with E-state index < -0.39 is 0 Å². The lowest BCUT2D eigenvalue weighted by molar-refractivity contribution is 0.0517. The Morgan fingerprint density at radius 2 is 1.86 bits per heavy atom. The Morgan fingerprint density at radius 3 is 2.38 bits per heavy atom. The maximum absolute atomic E-state index is 12.1. The third kappa shape index (κ3) is 3.32. The summed E-state index contributed by atoms with van der Waals surface area (Å²) in [6, 6.07) is 8.04. The molecule has 0 fully saturated rings. The maximum atomic E-state index is 12.1. The number of benzene rings is 1. The number of esters is 1. The summed E-state index contributed by atoms with van der Waals surface area (Å²) in [6.45, 7) is 10.3. The number of imidazole rings is 1. The highest BCUT2D eigenvalue weighted by atomic mass is 16.5. The molecule has 0 atom stereocenters. The fraction of sp³-hybridized carbons (Fsp3) is 0.412. The summed E-state index contributed by atoms with van der Waals surface area (Å²) >= 11 is 0. The van der Waals surface area contributed by atoms with Crippen molar-refractivity contribution in [2.45, 2.75) is 40.0 Å². The Labute approximate surface area is 125 Å². The van der Waals surface area contributed by atoms with E-state index in [2.05, 4.69) is 9.97 Å². The summed E-state index contributed by atoms with van der Waals surface area (Å²) in [6.07, 6.45) is 0. The summed E-state index contributed by atoms with van der Waals surface area (Å²) in [5.74, 6) is 0.319. The van der Waals surface area contributed by atoms with Gasteiger partial charge < -0.3 is 9.72 Å². The smallest absolute Gasteiger partial charge is 0.358 e. The van der Waals surface area contributed by atoms with Gasteiger partial charge in [-0.05, 0) is 13.8 Å². The lowest BCUT2D eigenvalue weighted by atomic mass is 9.91. The number of nitrogens with one attached hydrogen (secondary N) is 1. The molecule has 0 aliphatic carbocycles. The van der Waals surface area contributed by atoms with Crippen molar-refractivity contribution in [3.8, 4) is 11.4 Å². The summed E-state index contributed by atoms with van der Waals surface area (Å²) in [5.41, 5.74) is 3.11. The number of carbonyl (C=O) groups excluding carboxylic acids is 1. The highest BCUT2D eigenvalue weighted by Gasteiger charge is 2.27. The van der Waals surface area contributed by atoms with Crippen molar-refractivity contribution in [2.24, 2.45) is 0 Å². The molecule has 1 aromatic carbocycles. The molecule has 0 saturated heterocycles. The largest absolute Gasteiger partial charge is 0.461 e. The number of H-pyrrole nitrogens is 1. The molecule has 0 spiro atoms. The van der Waals surface area contributed by atoms with Crippen LogP contribution >= 0.6 is 0 Å². The van der Waals surface area contributed by atoms with E-state index in [4.69, 9.17) is 4.74 Å². The van der Waals surface area contributed by atoms with Gasteiger partial charge in [0, 0.05) is 11.0 Å². The highest BCUT2D eigenvalue weighted by Crippen LogP contribution is 2.28. The zero-order chi connectivity index (χ0) is 15.6. The molecule has 0 amide bonds. The molecule has 1 heterocycles. The predicted octanol–water partition coefficient (Wildman–Crippen LogP) is 3.86. The Hall–Kier alpha value is -2.10. The van der Waals surface area contributed by atoms with E-state index >= 15 is 0 Å². The first-order chi connectivity index (χ1) is 9.82. The normalized spacial score (nSPS) is 11.5. The van der Waals surface area contributed by atoms with Crippen molar-refractivity contribution in [1.29, 1.82) is 0 Å². The molecule has 0 radical (unpaired) electrons. The maximum Gasteiger partial charge on any atom is 0.358 e. The van der Waals surface area contributed by atoms with E-state index in [-0.39, 0.29) is 11.4 Å². The van der Waals surface area contributed by atoms with Gasteiger partial charge in [-0.1, -0.05) is 50.6 Å². The second kappa shape index (κ2) is 5.72. The zero-order valence-corrected chi connectivity index (χ0v) is 13.3. The number of hydrogen-bond acceptors (Lipinski definition) is 3. The lowest BCUT2D eigenvalue weighted by Gasteiger charge is -2.17. The van der Waals surface area contributed by atoms with Crippen molar-refractivity contribution in [1.82, 2.24) is 9.97 Å². The van der Waals surface area contributed by atoms with Crippen LogP contribution in [0.2, 0.25) is 0 Å². The van der Waals surface area contributed by atoms with Crippen LogP contribution in [0, 0.1) is 6.92 Å². The van der Waals surface area contributed by atoms with Crippen LogP contribution in [0.25, 0.3) is 11.4 Å². The van der Waals surface area contributed by atoms with Gasteiger partial charge in [0.2, 0.25) is 0 Å². The first kappa shape index (κ1) is 15.3. The van der Waals surface area contributed by atoms with Gasteiger partial charge in [0.25, 0.3) is 0 Å². The predicted molar refractivity (Wildman–Crippen MR) is 83.4 cm³/mol. The van der Waals surface area contributed by atoms with Crippen molar-refractivity contribution in [2.75, 3.05) is 6.61 Å². The minimum Gasteiger partial charge on any atom is -0.461 e. The van der Waals surface area contributed by atoms with Crippen molar-refractivity contribution in [3.63, 3.8) is 0 Å². The van der Waals surface area contributed by atoms with Crippen molar-refractivity contribution in [3.05, 3.63) is 41.2 Å². The average molecular weight is 286 g/mol. The first-order valence-electron chi connectivity index (χ1n) is 7.17. The number of ether oxygens (including phenoxy) is 1. The van der Waals surface area contributed by atoms with Crippen LogP contribution in [0.5, 0.6) is 0 Å². The molecule has 112 valence electrons. The van der Waals surface area contributed by atoms with E-state index in [1.165, 1.54) is 5.56 Å². The van der Waals surface area contributed by atoms with Crippen LogP contribution in [0.3, 0.4) is 0 Å². The van der Waals surface area contributed by atoms with Gasteiger partial charge in [-0.25, -0.2) is 9.78 Å². The molecule has 1 N–H and O–H groups in total. The molecule has 0 aliphatic rings. The summed E-state index contributed by atoms with van der Waals surface area (Å²) in [7, 11) is 0. The molecule has 2 rings (SSSR count). The Morgan fingerprint density at radius 1 is 1.24 bits per heavy atom. The molecule has 21 heavy (non-hydrogen) atoms. The van der Waals surface area contributed by atoms with E-state index in [9.17, 15) is 4.79 Å². The highest BCUT2D eigenvalue weighted by molar-refractivity contribution is 5.90. The van der Waals surface area contributed by atoms with E-state index in [0.717, 1.165) is 11.3 Å². The Kier molecular flexibility index (Phi) is 4.16. The van der Waals surface area contributed by atoms with Gasteiger partial charge in [0.1, 0.15) is 5.82 Å². The minimum atomic E-state index is -0.378. The van der Waals surface area contributed by atoms with Crippen LogP contribution in [-0.2, 0) is 10.2 Å². The number of carbonyl (C=O) groups is 1. The molecule has 4 heteroatoms. The Balaban J connectivity index is 2.50. The minimum absolute atomic E-state index is 0.210. The molecule has 2 aromatic rings. The molecule has 0 bridgehead atoms. The molecular weight excluding hydrogens is 264 g/mol. The fourth-order valence-corrected chi connectivity index (χ4v) is 2.11. The van der Waals surface area contributed by atoms with Gasteiger partial charge in [-0.15, -0.1) is 0 Å². The number of rotatable bonds is 3. The summed E-state index contributed by atoms with van der Waals surface area (Å²) in [4.78, 5) is 19.9. The number of aromatic amines is 1. The molecule has 0 aliphatic heterocycles. The van der Waals surface area contributed by atoms with Crippen molar-refractivity contribution < 1.29 is 9.53 Å². The third-order valence-electron chi connectivity index (χ3n) is 3.25. The van der Waals surface area contributed by atoms with Crippen LogP contribution in [0.4, 0.5) is 0 Å². The summed E-state index contributed by atoms with van der Waals surface area (Å²) < 4.78 is 5.11.